The van der Waals surface area contributed by atoms with E-state index in [0.29, 0.717) is 36.3 Å². The molecule has 0 radical (unpaired) electrons. The summed E-state index contributed by atoms with van der Waals surface area (Å²) in [6.45, 7) is 3.46. The van der Waals surface area contributed by atoms with Gasteiger partial charge in [0.2, 0.25) is 0 Å². The maximum absolute atomic E-state index is 13.2. The molecule has 10 heteroatoms. The van der Waals surface area contributed by atoms with E-state index in [2.05, 4.69) is 4.99 Å². The predicted octanol–water partition coefficient (Wildman–Crippen LogP) is 2.63. The third-order valence-corrected chi connectivity index (χ3v) is 8.13. The van der Waals surface area contributed by atoms with Crippen LogP contribution in [0.5, 0.6) is 0 Å². The van der Waals surface area contributed by atoms with E-state index in [-0.39, 0.29) is 29.6 Å². The lowest BCUT2D eigenvalue weighted by molar-refractivity contribution is 0.176. The second kappa shape index (κ2) is 10.4. The minimum absolute atomic E-state index is 0.0224. The highest BCUT2D eigenvalue weighted by molar-refractivity contribution is 8.06. The zero-order chi connectivity index (χ0) is 24.3. The molecule has 0 amide bonds. The van der Waals surface area contributed by atoms with Crippen molar-refractivity contribution in [1.82, 2.24) is 9.13 Å². The number of aromatic nitrogens is 2. The van der Waals surface area contributed by atoms with E-state index in [4.69, 9.17) is 11.6 Å². The summed E-state index contributed by atoms with van der Waals surface area (Å²) in [6.07, 6.45) is 1.16. The van der Waals surface area contributed by atoms with Crippen molar-refractivity contribution in [3.05, 3.63) is 61.3 Å². The van der Waals surface area contributed by atoms with E-state index < -0.39 is 33.1 Å². The van der Waals surface area contributed by atoms with Gasteiger partial charge in [-0.2, -0.15) is 0 Å². The Bertz CT molecular complexity index is 1260. The topological polar surface area (TPSA) is 111 Å². The van der Waals surface area contributed by atoms with E-state index >= 15 is 0 Å². The molecule has 0 saturated carbocycles. The normalized spacial score (nSPS) is 17.2. The van der Waals surface area contributed by atoms with Gasteiger partial charge >= 0.3 is 5.69 Å². The second-order valence-corrected chi connectivity index (χ2v) is 11.1. The van der Waals surface area contributed by atoms with Crippen molar-refractivity contribution in [1.29, 1.82) is 0 Å². The summed E-state index contributed by atoms with van der Waals surface area (Å²) in [5.41, 5.74) is 0.187. The Hall–Kier alpha value is -2.23. The first kappa shape index (κ1) is 25.4. The third kappa shape index (κ3) is 5.65. The van der Waals surface area contributed by atoms with Crippen LogP contribution in [0.1, 0.15) is 44.2 Å². The van der Waals surface area contributed by atoms with E-state index in [0.717, 1.165) is 10.1 Å². The molecule has 2 aromatic rings. The minimum atomic E-state index is -3.68. The molecule has 1 aromatic carbocycles. The van der Waals surface area contributed by atoms with Gasteiger partial charge in [-0.25, -0.2) is 18.2 Å². The molecule has 33 heavy (non-hydrogen) atoms. The standard InChI is InChI=1S/C23H30ClN3O5S/c1-4-13-33(31,32)21-17(14-16-5-8-18(24)9-6-16)7-10-19-20(25-21)26(3)23(30)27(22(19)29)12-11-15(2)28/h5-6,8-9,15,17,28H,4,7,10-14H2,1-3H3. The summed E-state index contributed by atoms with van der Waals surface area (Å²) < 4.78 is 28.7. The summed E-state index contributed by atoms with van der Waals surface area (Å²) in [4.78, 5) is 30.5. The molecule has 8 nitrogen and oxygen atoms in total. The van der Waals surface area contributed by atoms with Crippen molar-refractivity contribution in [3.63, 3.8) is 0 Å². The van der Waals surface area contributed by atoms with Crippen LogP contribution in [-0.4, -0.2) is 39.6 Å². The van der Waals surface area contributed by atoms with Crippen LogP contribution < -0.4 is 11.2 Å². The summed E-state index contributed by atoms with van der Waals surface area (Å²) in [5, 5.41) is 10.2. The summed E-state index contributed by atoms with van der Waals surface area (Å²) in [7, 11) is -2.19. The Morgan fingerprint density at radius 1 is 1.24 bits per heavy atom. The monoisotopic (exact) mass is 495 g/mol. The number of fused-ring (bicyclic) bond motifs is 1. The van der Waals surface area contributed by atoms with Gasteiger partial charge in [0.1, 0.15) is 10.9 Å². The number of aliphatic hydroxyl groups is 1. The van der Waals surface area contributed by atoms with Crippen molar-refractivity contribution < 1.29 is 13.5 Å². The van der Waals surface area contributed by atoms with E-state index in [1.807, 2.05) is 12.1 Å². The van der Waals surface area contributed by atoms with Gasteiger partial charge in [0.05, 0.1) is 17.4 Å². The molecular formula is C23H30ClN3O5S. The smallest absolute Gasteiger partial charge is 0.332 e. The Labute approximate surface area is 198 Å². The third-order valence-electron chi connectivity index (χ3n) is 5.87. The Morgan fingerprint density at radius 2 is 1.91 bits per heavy atom. The number of hydrogen-bond acceptors (Lipinski definition) is 6. The van der Waals surface area contributed by atoms with Gasteiger partial charge in [-0.05, 0) is 56.7 Å². The molecule has 2 heterocycles. The first-order valence-electron chi connectivity index (χ1n) is 11.1. The largest absolute Gasteiger partial charge is 0.393 e. The average Bonchev–Trinajstić information content (AvgIpc) is 2.94. The zero-order valence-corrected chi connectivity index (χ0v) is 20.7. The molecule has 2 unspecified atom stereocenters. The van der Waals surface area contributed by atoms with Crippen molar-refractivity contribution in [2.45, 2.75) is 58.6 Å². The second-order valence-electron chi connectivity index (χ2n) is 8.57. The average molecular weight is 496 g/mol. The van der Waals surface area contributed by atoms with Gasteiger partial charge < -0.3 is 5.11 Å². The van der Waals surface area contributed by atoms with Gasteiger partial charge in [0, 0.05) is 24.5 Å². The summed E-state index contributed by atoms with van der Waals surface area (Å²) in [6, 6.07) is 7.21. The van der Waals surface area contributed by atoms with Crippen molar-refractivity contribution in [3.8, 4) is 0 Å². The Morgan fingerprint density at radius 3 is 2.52 bits per heavy atom. The molecule has 3 rings (SSSR count). The highest BCUT2D eigenvalue weighted by Crippen LogP contribution is 2.29. The fourth-order valence-corrected chi connectivity index (χ4v) is 5.93. The number of aliphatic hydroxyl groups excluding tert-OH is 1. The lowest BCUT2D eigenvalue weighted by atomic mass is 9.95. The lowest BCUT2D eigenvalue weighted by Gasteiger charge is -2.17. The number of rotatable bonds is 7. The molecule has 180 valence electrons. The Kier molecular flexibility index (Phi) is 7.97. The van der Waals surface area contributed by atoms with Crippen LogP contribution >= 0.6 is 11.6 Å². The molecule has 0 aliphatic carbocycles. The first-order chi connectivity index (χ1) is 15.5. The summed E-state index contributed by atoms with van der Waals surface area (Å²) >= 11 is 5.99. The fraction of sp³-hybridized carbons (Fsp3) is 0.522. The molecular weight excluding hydrogens is 466 g/mol. The predicted molar refractivity (Wildman–Crippen MR) is 130 cm³/mol. The molecule has 0 fully saturated rings. The van der Waals surface area contributed by atoms with Gasteiger partial charge in [-0.3, -0.25) is 13.9 Å². The van der Waals surface area contributed by atoms with Crippen LogP contribution in [0.2, 0.25) is 5.02 Å². The van der Waals surface area contributed by atoms with Crippen molar-refractivity contribution in [2.75, 3.05) is 5.75 Å². The van der Waals surface area contributed by atoms with Crippen molar-refractivity contribution >= 4 is 32.3 Å². The van der Waals surface area contributed by atoms with Crippen LogP contribution in [0.25, 0.3) is 0 Å². The molecule has 1 aliphatic heterocycles. The van der Waals surface area contributed by atoms with Crippen molar-refractivity contribution in [2.24, 2.45) is 18.0 Å². The van der Waals surface area contributed by atoms with E-state index in [1.165, 1.54) is 11.6 Å². The quantitative estimate of drug-likeness (QED) is 0.634. The number of halogens is 1. The summed E-state index contributed by atoms with van der Waals surface area (Å²) in [5.74, 6) is -0.389. The van der Waals surface area contributed by atoms with Gasteiger partial charge in [-0.1, -0.05) is 30.7 Å². The number of aliphatic imine (C=N–C) groups is 1. The number of sulfone groups is 1. The number of benzene rings is 1. The van der Waals surface area contributed by atoms with Gasteiger partial charge in [0.15, 0.2) is 9.84 Å². The highest BCUT2D eigenvalue weighted by atomic mass is 35.5. The van der Waals surface area contributed by atoms with Crippen LogP contribution in [0, 0.1) is 5.92 Å². The van der Waals surface area contributed by atoms with Crippen LogP contribution in [0.4, 0.5) is 5.82 Å². The minimum Gasteiger partial charge on any atom is -0.393 e. The Balaban J connectivity index is 2.14. The fourth-order valence-electron chi connectivity index (χ4n) is 4.12. The lowest BCUT2D eigenvalue weighted by Crippen LogP contribution is -2.41. The van der Waals surface area contributed by atoms with Gasteiger partial charge in [0.25, 0.3) is 5.56 Å². The molecule has 1 aromatic heterocycles. The van der Waals surface area contributed by atoms with Crippen LogP contribution in [-0.2, 0) is 36.3 Å². The van der Waals surface area contributed by atoms with Gasteiger partial charge in [-0.15, -0.1) is 0 Å². The molecule has 1 N–H and O–H groups in total. The first-order valence-corrected chi connectivity index (χ1v) is 13.1. The molecule has 0 bridgehead atoms. The number of hydrogen-bond donors (Lipinski definition) is 1. The zero-order valence-electron chi connectivity index (χ0n) is 19.1. The number of nitrogens with zero attached hydrogens (tertiary/aromatic N) is 3. The SMILES string of the molecule is CCCS(=O)(=O)C1=Nc2c(c(=O)n(CCC(C)O)c(=O)n2C)CCC1Cc1ccc(Cl)cc1. The maximum atomic E-state index is 13.2. The molecule has 0 spiro atoms. The molecule has 2 atom stereocenters. The maximum Gasteiger partial charge on any atom is 0.332 e. The van der Waals surface area contributed by atoms with E-state index in [1.54, 1.807) is 26.0 Å². The highest BCUT2D eigenvalue weighted by Gasteiger charge is 2.32. The van der Waals surface area contributed by atoms with Crippen LogP contribution in [0.15, 0.2) is 38.8 Å². The molecule has 1 aliphatic rings. The molecule has 0 saturated heterocycles. The van der Waals surface area contributed by atoms with E-state index in [9.17, 15) is 23.1 Å². The van der Waals surface area contributed by atoms with Crippen LogP contribution in [0.3, 0.4) is 0 Å².